The van der Waals surface area contributed by atoms with Gasteiger partial charge in [0, 0.05) is 18.5 Å². The highest BCUT2D eigenvalue weighted by Gasteiger charge is 2.81. The normalized spacial score (nSPS) is 31.5. The van der Waals surface area contributed by atoms with E-state index in [1.807, 2.05) is 10.9 Å². The van der Waals surface area contributed by atoms with Crippen LogP contribution >= 0.6 is 0 Å². The van der Waals surface area contributed by atoms with E-state index in [1.54, 1.807) is 12.1 Å². The Hall–Kier alpha value is -2.63. The number of hydrogen-bond acceptors (Lipinski definition) is 2. The summed E-state index contributed by atoms with van der Waals surface area (Å²) in [5.74, 6) is -0.249. The molecule has 2 spiro atoms. The maximum Gasteiger partial charge on any atom is 0.318 e. The number of nitrogens with one attached hydrogen (secondary N) is 1. The standard InChI is InChI=1S/C19H17FN4O/c20-14-3-5-15(6-4-14)23-16-8-13-2-1-7-18-11-21-17(25)24(18)19(13,18)9-12(16)10-22-23/h3-6,8,10H,1-2,7,9,11H2,(H,21,25)/t18-,19-,24?/m1/s1. The monoisotopic (exact) mass is 336 g/mol. The van der Waals surface area contributed by atoms with Crippen molar-refractivity contribution >= 4 is 12.1 Å². The summed E-state index contributed by atoms with van der Waals surface area (Å²) in [6.07, 6.45) is 8.17. The van der Waals surface area contributed by atoms with E-state index in [0.717, 1.165) is 49.2 Å². The van der Waals surface area contributed by atoms with Crippen LogP contribution in [-0.2, 0) is 6.42 Å². The summed E-state index contributed by atoms with van der Waals surface area (Å²) in [6, 6.07) is 6.48. The van der Waals surface area contributed by atoms with Crippen molar-refractivity contribution in [2.45, 2.75) is 36.8 Å². The van der Waals surface area contributed by atoms with Gasteiger partial charge in [-0.25, -0.2) is 13.9 Å². The Morgan fingerprint density at radius 1 is 1.24 bits per heavy atom. The molecule has 3 heterocycles. The number of carbonyl (C=O) groups excluding carboxylic acids is 1. The van der Waals surface area contributed by atoms with Crippen LogP contribution in [0.25, 0.3) is 11.8 Å². The first-order valence-corrected chi connectivity index (χ1v) is 8.78. The van der Waals surface area contributed by atoms with Crippen LogP contribution in [0.3, 0.4) is 0 Å². The summed E-state index contributed by atoms with van der Waals surface area (Å²) in [4.78, 5) is 14.4. The summed E-state index contributed by atoms with van der Waals surface area (Å²) in [6.45, 7) is 0.755. The van der Waals surface area contributed by atoms with Crippen LogP contribution in [0.1, 0.15) is 30.5 Å². The summed E-state index contributed by atoms with van der Waals surface area (Å²) in [7, 11) is 0. The Balaban J connectivity index is 1.49. The minimum absolute atomic E-state index is 0.0240. The molecular weight excluding hydrogens is 319 g/mol. The number of urea groups is 1. The number of hydrogen-bond donors (Lipinski definition) is 1. The molecule has 5 nitrogen and oxygen atoms in total. The Morgan fingerprint density at radius 2 is 2.08 bits per heavy atom. The third kappa shape index (κ3) is 1.41. The Morgan fingerprint density at radius 3 is 2.92 bits per heavy atom. The van der Waals surface area contributed by atoms with Crippen molar-refractivity contribution in [2.75, 3.05) is 6.54 Å². The average Bonchev–Trinajstić information content (AvgIpc) is 2.84. The molecule has 2 amide bonds. The topological polar surface area (TPSA) is 49.9 Å². The molecule has 0 unspecified atom stereocenters. The van der Waals surface area contributed by atoms with E-state index < -0.39 is 0 Å². The van der Waals surface area contributed by atoms with Crippen LogP contribution in [-0.4, -0.2) is 38.3 Å². The van der Waals surface area contributed by atoms with Gasteiger partial charge >= 0.3 is 6.03 Å². The first-order valence-electron chi connectivity index (χ1n) is 8.78. The van der Waals surface area contributed by atoms with Gasteiger partial charge in [0.15, 0.2) is 0 Å². The smallest absolute Gasteiger partial charge is 0.318 e. The second kappa shape index (κ2) is 4.12. The molecule has 1 saturated carbocycles. The molecule has 1 N–H and O–H groups in total. The number of benzene rings is 1. The minimum atomic E-state index is -0.249. The summed E-state index contributed by atoms with van der Waals surface area (Å²) in [5.41, 5.74) is 4.29. The van der Waals surface area contributed by atoms with Crippen molar-refractivity contribution in [3.05, 3.63) is 53.1 Å². The van der Waals surface area contributed by atoms with Crippen molar-refractivity contribution < 1.29 is 9.18 Å². The number of fused-ring (bicyclic) bond motifs is 1. The molecule has 1 aromatic heterocycles. The molecule has 4 aliphatic rings. The zero-order chi connectivity index (χ0) is 16.8. The molecule has 2 aliphatic carbocycles. The highest BCUT2D eigenvalue weighted by atomic mass is 19.1. The van der Waals surface area contributed by atoms with E-state index in [-0.39, 0.29) is 22.9 Å². The van der Waals surface area contributed by atoms with E-state index in [4.69, 9.17) is 0 Å². The quantitative estimate of drug-likeness (QED) is 0.814. The fourth-order valence-corrected chi connectivity index (χ4v) is 5.49. The fourth-order valence-electron chi connectivity index (χ4n) is 5.49. The molecule has 6 rings (SSSR count). The summed E-state index contributed by atoms with van der Waals surface area (Å²) in [5, 5.41) is 7.55. The molecule has 2 aromatic rings. The van der Waals surface area contributed by atoms with E-state index in [9.17, 15) is 9.18 Å². The molecule has 2 aliphatic heterocycles. The molecule has 0 bridgehead atoms. The summed E-state index contributed by atoms with van der Waals surface area (Å²) >= 11 is 0. The van der Waals surface area contributed by atoms with Gasteiger partial charge in [-0.15, -0.1) is 0 Å². The zero-order valence-electron chi connectivity index (χ0n) is 13.6. The van der Waals surface area contributed by atoms with Crippen molar-refractivity contribution in [1.29, 1.82) is 0 Å². The number of nitrogens with zero attached hydrogens (tertiary/aromatic N) is 3. The summed E-state index contributed by atoms with van der Waals surface area (Å²) < 4.78 is 15.1. The number of halogens is 1. The Labute approximate surface area is 144 Å². The molecule has 3 fully saturated rings. The third-order valence-corrected chi connectivity index (χ3v) is 6.55. The highest BCUT2D eigenvalue weighted by Crippen LogP contribution is 2.67. The molecule has 1 aromatic carbocycles. The van der Waals surface area contributed by atoms with Gasteiger partial charge in [-0.3, -0.25) is 0 Å². The first kappa shape index (κ1) is 13.6. The van der Waals surface area contributed by atoms with E-state index in [2.05, 4.69) is 21.4 Å². The molecule has 2 atom stereocenters. The third-order valence-electron chi connectivity index (χ3n) is 6.55. The predicted octanol–water partition coefficient (Wildman–Crippen LogP) is 2.65. The van der Waals surface area contributed by atoms with Crippen molar-refractivity contribution in [2.24, 2.45) is 0 Å². The van der Waals surface area contributed by atoms with Gasteiger partial charge in [-0.1, -0.05) is 0 Å². The van der Waals surface area contributed by atoms with Crippen LogP contribution in [0, 0.1) is 5.82 Å². The average molecular weight is 336 g/mol. The van der Waals surface area contributed by atoms with Crippen molar-refractivity contribution in [3.63, 3.8) is 0 Å². The largest absolute Gasteiger partial charge is 0.335 e. The van der Waals surface area contributed by atoms with Gasteiger partial charge in [0.1, 0.15) is 5.82 Å². The predicted molar refractivity (Wildman–Crippen MR) is 89.8 cm³/mol. The SMILES string of the molecule is O=C1NC[C@]23CCCC4=Cc5c(cnn5-c5ccc(F)cc5)C[C@@]42N13. The van der Waals surface area contributed by atoms with E-state index in [1.165, 1.54) is 17.7 Å². The zero-order valence-corrected chi connectivity index (χ0v) is 13.6. The van der Waals surface area contributed by atoms with E-state index in [0.29, 0.717) is 0 Å². The maximum atomic E-state index is 13.2. The lowest BCUT2D eigenvalue weighted by molar-refractivity contribution is 0.228. The molecule has 126 valence electrons. The number of amides is 2. The maximum absolute atomic E-state index is 13.2. The second-order valence-electron chi connectivity index (χ2n) is 7.53. The molecule has 0 radical (unpaired) electrons. The first-order chi connectivity index (χ1) is 12.2. The molecule has 6 heteroatoms. The van der Waals surface area contributed by atoms with E-state index >= 15 is 0 Å². The Bertz CT molecular complexity index is 962. The van der Waals surface area contributed by atoms with Crippen molar-refractivity contribution in [3.8, 4) is 5.69 Å². The lowest BCUT2D eigenvalue weighted by atomic mass is 9.70. The van der Waals surface area contributed by atoms with Gasteiger partial charge in [0.2, 0.25) is 0 Å². The van der Waals surface area contributed by atoms with Gasteiger partial charge in [-0.2, -0.15) is 5.10 Å². The Kier molecular flexibility index (Phi) is 2.25. The van der Waals surface area contributed by atoms with Crippen LogP contribution in [0.15, 0.2) is 36.0 Å². The second-order valence-corrected chi connectivity index (χ2v) is 7.53. The van der Waals surface area contributed by atoms with Crippen LogP contribution < -0.4 is 5.32 Å². The van der Waals surface area contributed by atoms with Crippen LogP contribution in [0.5, 0.6) is 0 Å². The highest BCUT2D eigenvalue weighted by molar-refractivity contribution is 5.88. The number of carbonyl (C=O) groups is 1. The lowest BCUT2D eigenvalue weighted by Gasteiger charge is -2.32. The van der Waals surface area contributed by atoms with Crippen molar-refractivity contribution in [1.82, 2.24) is 20.0 Å². The fraction of sp³-hybridized carbons (Fsp3) is 0.368. The van der Waals surface area contributed by atoms with Gasteiger partial charge in [0.25, 0.3) is 0 Å². The van der Waals surface area contributed by atoms with Crippen LogP contribution in [0.4, 0.5) is 9.18 Å². The number of rotatable bonds is 1. The minimum Gasteiger partial charge on any atom is -0.335 e. The lowest BCUT2D eigenvalue weighted by Crippen LogP contribution is -2.44. The van der Waals surface area contributed by atoms with Gasteiger partial charge in [-0.05, 0) is 55.2 Å². The molecular formula is C19H17FN4O. The molecule has 2 saturated heterocycles. The van der Waals surface area contributed by atoms with Gasteiger partial charge in [0.05, 0.1) is 28.7 Å². The number of aromatic nitrogens is 2. The van der Waals surface area contributed by atoms with Crippen LogP contribution in [0.2, 0.25) is 0 Å². The van der Waals surface area contributed by atoms with Gasteiger partial charge < -0.3 is 10.2 Å². The molecule has 25 heavy (non-hydrogen) atoms.